The van der Waals surface area contributed by atoms with Crippen molar-refractivity contribution in [3.8, 4) is 0 Å². The van der Waals surface area contributed by atoms with Gasteiger partial charge in [-0.05, 0) is 51.6 Å². The monoisotopic (exact) mass is 331 g/mol. The number of benzene rings is 1. The Kier molecular flexibility index (Phi) is 4.06. The minimum atomic E-state index is -1.47. The fourth-order valence-corrected chi connectivity index (χ4v) is 3.29. The van der Waals surface area contributed by atoms with Gasteiger partial charge in [-0.1, -0.05) is 24.3 Å². The number of hydrogen-bond acceptors (Lipinski definition) is 4. The maximum absolute atomic E-state index is 12.5. The van der Waals surface area contributed by atoms with Crippen molar-refractivity contribution in [2.45, 2.75) is 57.3 Å². The summed E-state index contributed by atoms with van der Waals surface area (Å²) in [6.07, 6.45) is 1.21. The molecule has 2 fully saturated rings. The van der Waals surface area contributed by atoms with Crippen LogP contribution in [0.3, 0.4) is 0 Å². The minimum absolute atomic E-state index is 0.250. The molecule has 6 heteroatoms. The lowest BCUT2D eigenvalue weighted by atomic mass is 9.75. The first-order valence-corrected chi connectivity index (χ1v) is 8.51. The molecule has 5 nitrogen and oxygen atoms in total. The number of carbonyl (C=O) groups excluding carboxylic acids is 1. The number of amides is 1. The second-order valence-corrected chi connectivity index (χ2v) is 7.90. The van der Waals surface area contributed by atoms with Crippen LogP contribution in [0.2, 0.25) is 0 Å². The normalized spacial score (nSPS) is 29.2. The SMILES string of the molecule is CN1CCCC(O)(c2cccc(B3OC(C)(C)C(C)(C)O3)c2)C1=O. The summed E-state index contributed by atoms with van der Waals surface area (Å²) in [4.78, 5) is 14.1. The Labute approximate surface area is 144 Å². The highest BCUT2D eigenvalue weighted by Gasteiger charge is 2.52. The molecule has 3 rings (SSSR count). The van der Waals surface area contributed by atoms with Gasteiger partial charge < -0.3 is 19.3 Å². The molecule has 24 heavy (non-hydrogen) atoms. The number of likely N-dealkylation sites (tertiary alicyclic amines) is 1. The molecule has 1 atom stereocenters. The first-order valence-electron chi connectivity index (χ1n) is 8.51. The molecule has 1 aromatic rings. The number of piperidine rings is 1. The van der Waals surface area contributed by atoms with Gasteiger partial charge in [0.1, 0.15) is 0 Å². The lowest BCUT2D eigenvalue weighted by Gasteiger charge is -2.36. The number of rotatable bonds is 2. The topological polar surface area (TPSA) is 59.0 Å². The average molecular weight is 331 g/mol. The number of carbonyl (C=O) groups is 1. The molecule has 1 aromatic carbocycles. The van der Waals surface area contributed by atoms with E-state index in [-0.39, 0.29) is 5.91 Å². The second-order valence-electron chi connectivity index (χ2n) is 7.90. The summed E-state index contributed by atoms with van der Waals surface area (Å²) < 4.78 is 12.1. The summed E-state index contributed by atoms with van der Waals surface area (Å²) in [7, 11) is 1.22. The third-order valence-corrected chi connectivity index (χ3v) is 5.62. The molecule has 130 valence electrons. The molecule has 2 aliphatic rings. The van der Waals surface area contributed by atoms with E-state index in [1.807, 2.05) is 45.9 Å². The molecule has 1 unspecified atom stereocenters. The van der Waals surface area contributed by atoms with Crippen LogP contribution in [-0.2, 0) is 19.7 Å². The van der Waals surface area contributed by atoms with E-state index in [4.69, 9.17) is 9.31 Å². The highest BCUT2D eigenvalue weighted by molar-refractivity contribution is 6.62. The maximum Gasteiger partial charge on any atom is 0.494 e. The first-order chi connectivity index (χ1) is 11.1. The lowest BCUT2D eigenvalue weighted by molar-refractivity contribution is -0.156. The largest absolute Gasteiger partial charge is 0.494 e. The van der Waals surface area contributed by atoms with Crippen LogP contribution in [0.4, 0.5) is 0 Å². The van der Waals surface area contributed by atoms with Crippen molar-refractivity contribution in [2.24, 2.45) is 0 Å². The molecule has 1 amide bonds. The van der Waals surface area contributed by atoms with E-state index >= 15 is 0 Å². The summed E-state index contributed by atoms with van der Waals surface area (Å²) in [5.41, 5.74) is -0.893. The van der Waals surface area contributed by atoms with Gasteiger partial charge in [-0.15, -0.1) is 0 Å². The van der Waals surface area contributed by atoms with E-state index in [0.29, 0.717) is 18.5 Å². The van der Waals surface area contributed by atoms with Crippen LogP contribution < -0.4 is 5.46 Å². The second kappa shape index (κ2) is 5.58. The molecule has 1 N–H and O–H groups in total. The quantitative estimate of drug-likeness (QED) is 0.833. The molecule has 0 aliphatic carbocycles. The maximum atomic E-state index is 12.5. The zero-order valence-electron chi connectivity index (χ0n) is 15.1. The number of aliphatic hydroxyl groups is 1. The van der Waals surface area contributed by atoms with Crippen LogP contribution in [0.25, 0.3) is 0 Å². The van der Waals surface area contributed by atoms with Gasteiger partial charge in [-0.2, -0.15) is 0 Å². The fourth-order valence-electron chi connectivity index (χ4n) is 3.29. The third-order valence-electron chi connectivity index (χ3n) is 5.62. The zero-order valence-corrected chi connectivity index (χ0v) is 15.1. The molecular weight excluding hydrogens is 305 g/mol. The highest BCUT2D eigenvalue weighted by Crippen LogP contribution is 2.37. The van der Waals surface area contributed by atoms with Gasteiger partial charge in [0.25, 0.3) is 5.91 Å². The first kappa shape index (κ1) is 17.5. The van der Waals surface area contributed by atoms with Crippen molar-refractivity contribution >= 4 is 18.5 Å². The Balaban J connectivity index is 1.92. The zero-order chi connectivity index (χ0) is 17.8. The van der Waals surface area contributed by atoms with Gasteiger partial charge in [0.15, 0.2) is 5.60 Å². The van der Waals surface area contributed by atoms with Crippen molar-refractivity contribution in [3.05, 3.63) is 29.8 Å². The molecule has 0 saturated carbocycles. The Morgan fingerprint density at radius 1 is 1.17 bits per heavy atom. The van der Waals surface area contributed by atoms with Crippen LogP contribution in [0, 0.1) is 0 Å². The minimum Gasteiger partial charge on any atom is -0.399 e. The summed E-state index contributed by atoms with van der Waals surface area (Å²) in [5, 5.41) is 11.0. The molecule has 0 spiro atoms. The van der Waals surface area contributed by atoms with Crippen LogP contribution in [0.15, 0.2) is 24.3 Å². The Bertz CT molecular complexity index is 644. The number of hydrogen-bond donors (Lipinski definition) is 1. The van der Waals surface area contributed by atoms with Gasteiger partial charge >= 0.3 is 7.12 Å². The van der Waals surface area contributed by atoms with Crippen LogP contribution in [-0.4, -0.2) is 47.8 Å². The molecular formula is C18H26BNO4. The number of likely N-dealkylation sites (N-methyl/N-ethyl adjacent to an activating group) is 1. The standard InChI is InChI=1S/C18H26BNO4/c1-16(2)17(3,4)24-19(23-16)14-9-6-8-13(12-14)18(22)10-7-11-20(5)15(18)21/h6,8-9,12,22H,7,10-11H2,1-5H3. The predicted octanol–water partition coefficient (Wildman–Crippen LogP) is 1.43. The van der Waals surface area contributed by atoms with Crippen molar-refractivity contribution in [1.82, 2.24) is 4.90 Å². The van der Waals surface area contributed by atoms with Crippen molar-refractivity contribution < 1.29 is 19.2 Å². The summed E-state index contributed by atoms with van der Waals surface area (Å²) in [5.74, 6) is -0.250. The number of nitrogens with zero attached hydrogens (tertiary/aromatic N) is 1. The van der Waals surface area contributed by atoms with Crippen molar-refractivity contribution in [2.75, 3.05) is 13.6 Å². The van der Waals surface area contributed by atoms with Gasteiger partial charge in [-0.25, -0.2) is 0 Å². The van der Waals surface area contributed by atoms with Gasteiger partial charge in [0.2, 0.25) is 0 Å². The van der Waals surface area contributed by atoms with E-state index in [2.05, 4.69) is 0 Å². The lowest BCUT2D eigenvalue weighted by Crippen LogP contribution is -2.50. The fraction of sp³-hybridized carbons (Fsp3) is 0.611. The smallest absolute Gasteiger partial charge is 0.399 e. The third kappa shape index (κ3) is 2.67. The van der Waals surface area contributed by atoms with E-state index < -0.39 is 23.9 Å². The van der Waals surface area contributed by atoms with Crippen LogP contribution >= 0.6 is 0 Å². The molecule has 2 heterocycles. The molecule has 0 aromatic heterocycles. The Morgan fingerprint density at radius 3 is 2.42 bits per heavy atom. The van der Waals surface area contributed by atoms with E-state index in [9.17, 15) is 9.90 Å². The van der Waals surface area contributed by atoms with Gasteiger partial charge in [0.05, 0.1) is 11.2 Å². The van der Waals surface area contributed by atoms with E-state index in [1.165, 1.54) is 0 Å². The van der Waals surface area contributed by atoms with E-state index in [0.717, 1.165) is 11.9 Å². The summed E-state index contributed by atoms with van der Waals surface area (Å²) in [6.45, 7) is 8.69. The van der Waals surface area contributed by atoms with Crippen molar-refractivity contribution in [1.29, 1.82) is 0 Å². The Morgan fingerprint density at radius 2 is 1.79 bits per heavy atom. The van der Waals surface area contributed by atoms with Crippen molar-refractivity contribution in [3.63, 3.8) is 0 Å². The van der Waals surface area contributed by atoms with Crippen LogP contribution in [0.5, 0.6) is 0 Å². The molecule has 2 saturated heterocycles. The summed E-state index contributed by atoms with van der Waals surface area (Å²) in [6, 6.07) is 7.38. The van der Waals surface area contributed by atoms with Gasteiger partial charge in [0, 0.05) is 13.6 Å². The molecule has 0 bridgehead atoms. The highest BCUT2D eigenvalue weighted by atomic mass is 16.7. The van der Waals surface area contributed by atoms with Crippen LogP contribution in [0.1, 0.15) is 46.1 Å². The van der Waals surface area contributed by atoms with Gasteiger partial charge in [-0.3, -0.25) is 4.79 Å². The summed E-state index contributed by atoms with van der Waals surface area (Å²) >= 11 is 0. The Hall–Kier alpha value is -1.37. The average Bonchev–Trinajstić information content (AvgIpc) is 2.73. The predicted molar refractivity (Wildman–Crippen MR) is 92.9 cm³/mol. The molecule has 2 aliphatic heterocycles. The van der Waals surface area contributed by atoms with E-state index in [1.54, 1.807) is 18.0 Å². The molecule has 0 radical (unpaired) electrons.